The first kappa shape index (κ1) is 13.0. The number of benzene rings is 2. The molecule has 1 amide bonds. The van der Waals surface area contributed by atoms with Crippen molar-refractivity contribution in [2.45, 2.75) is 6.54 Å². The number of nitrogens with one attached hydrogen (secondary N) is 1. The van der Waals surface area contributed by atoms with Gasteiger partial charge in [0, 0.05) is 12.6 Å². The van der Waals surface area contributed by atoms with Gasteiger partial charge in [0.25, 0.3) is 5.91 Å². The Morgan fingerprint density at radius 1 is 1.11 bits per heavy atom. The average Bonchev–Trinajstić information content (AvgIpc) is 2.37. The normalized spacial score (nSPS) is 10.2. The van der Waals surface area contributed by atoms with E-state index in [2.05, 4.69) is 5.32 Å². The van der Waals surface area contributed by atoms with Crippen molar-refractivity contribution in [1.82, 2.24) is 5.32 Å². The van der Waals surface area contributed by atoms with E-state index in [4.69, 9.17) is 5.11 Å². The fourth-order valence-corrected chi connectivity index (χ4v) is 1.56. The fourth-order valence-electron chi connectivity index (χ4n) is 1.56. The van der Waals surface area contributed by atoms with Crippen LogP contribution >= 0.6 is 0 Å². The maximum atomic E-state index is 13.3. The van der Waals surface area contributed by atoms with Crippen molar-refractivity contribution in [3.8, 4) is 5.75 Å². The Balaban J connectivity index is 2.03. The van der Waals surface area contributed by atoms with Crippen LogP contribution < -0.4 is 5.32 Å². The van der Waals surface area contributed by atoms with E-state index in [1.54, 1.807) is 12.1 Å². The molecule has 98 valence electrons. The smallest absolute Gasteiger partial charge is 0.254 e. The molecule has 2 aromatic carbocycles. The van der Waals surface area contributed by atoms with Gasteiger partial charge in [-0.2, -0.15) is 0 Å². The molecule has 19 heavy (non-hydrogen) atoms. The van der Waals surface area contributed by atoms with Crippen molar-refractivity contribution in [1.29, 1.82) is 0 Å². The first-order chi connectivity index (χ1) is 9.06. The lowest BCUT2D eigenvalue weighted by Gasteiger charge is -2.06. The zero-order chi connectivity index (χ0) is 13.8. The van der Waals surface area contributed by atoms with E-state index < -0.39 is 17.5 Å². The Hall–Kier alpha value is -2.43. The number of carbonyl (C=O) groups is 1. The summed E-state index contributed by atoms with van der Waals surface area (Å²) < 4.78 is 26.0. The molecule has 0 saturated carbocycles. The first-order valence-electron chi connectivity index (χ1n) is 5.57. The van der Waals surface area contributed by atoms with Crippen LogP contribution in [0.1, 0.15) is 15.9 Å². The molecular formula is C14H11F2NO2. The number of rotatable bonds is 3. The summed E-state index contributed by atoms with van der Waals surface area (Å²) in [5.74, 6) is -2.12. The Morgan fingerprint density at radius 2 is 1.79 bits per heavy atom. The van der Waals surface area contributed by atoms with Gasteiger partial charge in [-0.3, -0.25) is 4.79 Å². The summed E-state index contributed by atoms with van der Waals surface area (Å²) in [5.41, 5.74) is 0.550. The van der Waals surface area contributed by atoms with Gasteiger partial charge >= 0.3 is 0 Å². The van der Waals surface area contributed by atoms with Crippen molar-refractivity contribution in [2.75, 3.05) is 0 Å². The van der Waals surface area contributed by atoms with Gasteiger partial charge in [0.2, 0.25) is 0 Å². The summed E-state index contributed by atoms with van der Waals surface area (Å²) in [5, 5.41) is 11.6. The standard InChI is InChI=1S/C14H11F2NO2/c15-10-3-6-12(13(16)7-10)14(19)17-8-9-1-4-11(18)5-2-9/h1-7,18H,8H2,(H,17,19). The number of hydrogen-bond acceptors (Lipinski definition) is 2. The minimum Gasteiger partial charge on any atom is -0.508 e. The predicted molar refractivity (Wildman–Crippen MR) is 65.6 cm³/mol. The van der Waals surface area contributed by atoms with Crippen LogP contribution in [0.3, 0.4) is 0 Å². The lowest BCUT2D eigenvalue weighted by molar-refractivity contribution is 0.0947. The van der Waals surface area contributed by atoms with Gasteiger partial charge in [-0.05, 0) is 29.8 Å². The molecule has 0 bridgehead atoms. The number of hydrogen-bond donors (Lipinski definition) is 2. The maximum Gasteiger partial charge on any atom is 0.254 e. The highest BCUT2D eigenvalue weighted by Crippen LogP contribution is 2.11. The molecular weight excluding hydrogens is 252 g/mol. The average molecular weight is 263 g/mol. The van der Waals surface area contributed by atoms with Gasteiger partial charge < -0.3 is 10.4 Å². The van der Waals surface area contributed by atoms with Crippen LogP contribution in [0.5, 0.6) is 5.75 Å². The number of halogens is 2. The first-order valence-corrected chi connectivity index (χ1v) is 5.57. The number of phenols is 1. The second-order valence-corrected chi connectivity index (χ2v) is 3.97. The highest BCUT2D eigenvalue weighted by atomic mass is 19.1. The van der Waals surface area contributed by atoms with E-state index >= 15 is 0 Å². The third-order valence-corrected chi connectivity index (χ3v) is 2.57. The van der Waals surface area contributed by atoms with Gasteiger partial charge in [-0.25, -0.2) is 8.78 Å². The highest BCUT2D eigenvalue weighted by Gasteiger charge is 2.11. The maximum absolute atomic E-state index is 13.3. The van der Waals surface area contributed by atoms with Gasteiger partial charge in [0.15, 0.2) is 0 Å². The summed E-state index contributed by atoms with van der Waals surface area (Å²) in [6.07, 6.45) is 0. The third-order valence-electron chi connectivity index (χ3n) is 2.57. The van der Waals surface area contributed by atoms with E-state index in [1.165, 1.54) is 12.1 Å². The van der Waals surface area contributed by atoms with E-state index in [-0.39, 0.29) is 17.9 Å². The molecule has 0 fully saturated rings. The Labute approximate surface area is 108 Å². The molecule has 5 heteroatoms. The summed E-state index contributed by atoms with van der Waals surface area (Å²) in [6.45, 7) is 0.190. The summed E-state index contributed by atoms with van der Waals surface area (Å²) in [6, 6.07) is 9.03. The number of phenolic OH excluding ortho intramolecular Hbond substituents is 1. The molecule has 0 aliphatic carbocycles. The van der Waals surface area contributed by atoms with Gasteiger partial charge in [-0.15, -0.1) is 0 Å². The molecule has 0 aromatic heterocycles. The van der Waals surface area contributed by atoms with Crippen molar-refractivity contribution >= 4 is 5.91 Å². The molecule has 0 aliphatic heterocycles. The molecule has 2 N–H and O–H groups in total. The molecule has 3 nitrogen and oxygen atoms in total. The zero-order valence-corrected chi connectivity index (χ0v) is 9.86. The molecule has 0 heterocycles. The SMILES string of the molecule is O=C(NCc1ccc(O)cc1)c1ccc(F)cc1F. The fraction of sp³-hybridized carbons (Fsp3) is 0.0714. The van der Waals surface area contributed by atoms with Crippen molar-refractivity contribution in [3.63, 3.8) is 0 Å². The molecule has 2 aromatic rings. The van der Waals surface area contributed by atoms with Crippen LogP contribution in [0.15, 0.2) is 42.5 Å². The number of aromatic hydroxyl groups is 1. The van der Waals surface area contributed by atoms with E-state index in [1.807, 2.05) is 0 Å². The Morgan fingerprint density at radius 3 is 2.42 bits per heavy atom. The predicted octanol–water partition coefficient (Wildman–Crippen LogP) is 2.60. The van der Waals surface area contributed by atoms with Crippen LogP contribution in [0, 0.1) is 11.6 Å². The Bertz CT molecular complexity index is 597. The van der Waals surface area contributed by atoms with E-state index in [0.29, 0.717) is 6.07 Å². The second kappa shape index (κ2) is 5.48. The molecule has 0 aliphatic rings. The van der Waals surface area contributed by atoms with Gasteiger partial charge in [-0.1, -0.05) is 12.1 Å². The van der Waals surface area contributed by atoms with Crippen LogP contribution in [0.2, 0.25) is 0 Å². The number of carbonyl (C=O) groups excluding carboxylic acids is 1. The minimum atomic E-state index is -0.900. The highest BCUT2D eigenvalue weighted by molar-refractivity contribution is 5.94. The zero-order valence-electron chi connectivity index (χ0n) is 9.86. The topological polar surface area (TPSA) is 49.3 Å². The lowest BCUT2D eigenvalue weighted by Crippen LogP contribution is -2.23. The van der Waals surface area contributed by atoms with Crippen molar-refractivity contribution < 1.29 is 18.7 Å². The van der Waals surface area contributed by atoms with Gasteiger partial charge in [0.1, 0.15) is 17.4 Å². The third kappa shape index (κ3) is 3.28. The number of amides is 1. The van der Waals surface area contributed by atoms with Crippen LogP contribution in [0.25, 0.3) is 0 Å². The summed E-state index contributed by atoms with van der Waals surface area (Å²) in [4.78, 5) is 11.7. The Kier molecular flexibility index (Phi) is 3.75. The summed E-state index contributed by atoms with van der Waals surface area (Å²) in [7, 11) is 0. The molecule has 0 atom stereocenters. The van der Waals surface area contributed by atoms with E-state index in [0.717, 1.165) is 17.7 Å². The van der Waals surface area contributed by atoms with Crippen LogP contribution in [-0.2, 0) is 6.54 Å². The largest absolute Gasteiger partial charge is 0.508 e. The quantitative estimate of drug-likeness (QED) is 0.894. The minimum absolute atomic E-state index is 0.125. The molecule has 2 rings (SSSR count). The van der Waals surface area contributed by atoms with Gasteiger partial charge in [0.05, 0.1) is 5.56 Å². The van der Waals surface area contributed by atoms with Crippen LogP contribution in [0.4, 0.5) is 8.78 Å². The molecule has 0 saturated heterocycles. The molecule has 0 unspecified atom stereocenters. The second-order valence-electron chi connectivity index (χ2n) is 3.97. The molecule has 0 spiro atoms. The van der Waals surface area contributed by atoms with Crippen molar-refractivity contribution in [2.24, 2.45) is 0 Å². The van der Waals surface area contributed by atoms with E-state index in [9.17, 15) is 13.6 Å². The lowest BCUT2D eigenvalue weighted by atomic mass is 10.1. The van der Waals surface area contributed by atoms with Crippen LogP contribution in [-0.4, -0.2) is 11.0 Å². The molecule has 0 radical (unpaired) electrons. The van der Waals surface area contributed by atoms with Crippen molar-refractivity contribution in [3.05, 3.63) is 65.2 Å². The summed E-state index contributed by atoms with van der Waals surface area (Å²) >= 11 is 0. The monoisotopic (exact) mass is 263 g/mol.